The van der Waals surface area contributed by atoms with Gasteiger partial charge in [-0.05, 0) is 46.2 Å². The third-order valence-electron chi connectivity index (χ3n) is 6.80. The first-order valence-electron chi connectivity index (χ1n) is 10.9. The molecule has 0 fully saturated rings. The summed E-state index contributed by atoms with van der Waals surface area (Å²) in [5, 5.41) is 9.06. The molecule has 0 N–H and O–H groups in total. The topological polar surface area (TPSA) is 13.1 Å². The molecule has 0 atom stereocenters. The van der Waals surface area contributed by atoms with E-state index in [1.54, 1.807) is 0 Å². The molecule has 0 bridgehead atoms. The SMILES string of the molecule is Cc1c2c(cc3ccccc13)Oc1cc3ccc([Si](C)(C)C)cc3c3cc[n+](C)c-2c13. The first kappa shape index (κ1) is 18.6. The van der Waals surface area contributed by atoms with Crippen LogP contribution in [0.3, 0.4) is 0 Å². The van der Waals surface area contributed by atoms with Crippen LogP contribution in [0.25, 0.3) is 43.6 Å². The van der Waals surface area contributed by atoms with Crippen molar-refractivity contribution in [1.29, 1.82) is 0 Å². The quantitative estimate of drug-likeness (QED) is 0.166. The van der Waals surface area contributed by atoms with Gasteiger partial charge in [0.05, 0.1) is 19.0 Å². The average Bonchev–Trinajstić information content (AvgIpc) is 2.74. The molecule has 0 amide bonds. The van der Waals surface area contributed by atoms with Gasteiger partial charge in [-0.1, -0.05) is 67.3 Å². The van der Waals surface area contributed by atoms with Crippen molar-refractivity contribution in [3.8, 4) is 22.8 Å². The van der Waals surface area contributed by atoms with Gasteiger partial charge in [-0.2, -0.15) is 0 Å². The summed E-state index contributed by atoms with van der Waals surface area (Å²) in [7, 11) is 0.740. The Labute approximate surface area is 183 Å². The maximum atomic E-state index is 6.59. The largest absolute Gasteiger partial charge is 0.456 e. The summed E-state index contributed by atoms with van der Waals surface area (Å²) in [4.78, 5) is 0. The van der Waals surface area contributed by atoms with Gasteiger partial charge in [-0.25, -0.2) is 4.57 Å². The van der Waals surface area contributed by atoms with Crippen LogP contribution in [0.2, 0.25) is 19.6 Å². The lowest BCUT2D eigenvalue weighted by Gasteiger charge is -2.23. The van der Waals surface area contributed by atoms with E-state index >= 15 is 0 Å². The molecule has 3 heteroatoms. The molecule has 0 saturated carbocycles. The van der Waals surface area contributed by atoms with Crippen molar-refractivity contribution in [1.82, 2.24) is 0 Å². The first-order valence-corrected chi connectivity index (χ1v) is 14.4. The van der Waals surface area contributed by atoms with E-state index in [-0.39, 0.29) is 0 Å². The molecule has 2 nitrogen and oxygen atoms in total. The lowest BCUT2D eigenvalue weighted by molar-refractivity contribution is -0.659. The van der Waals surface area contributed by atoms with Crippen LogP contribution in [-0.4, -0.2) is 8.07 Å². The van der Waals surface area contributed by atoms with E-state index in [9.17, 15) is 0 Å². The van der Waals surface area contributed by atoms with E-state index in [2.05, 4.69) is 105 Å². The molecule has 0 unspecified atom stereocenters. The summed E-state index contributed by atoms with van der Waals surface area (Å²) in [6.07, 6.45) is 2.20. The van der Waals surface area contributed by atoms with Crippen LogP contribution in [0.4, 0.5) is 0 Å². The average molecular weight is 421 g/mol. The number of hydrogen-bond acceptors (Lipinski definition) is 1. The molecule has 1 aliphatic heterocycles. The second-order valence-corrected chi connectivity index (χ2v) is 14.9. The van der Waals surface area contributed by atoms with Gasteiger partial charge in [0.15, 0.2) is 6.20 Å². The Kier molecular flexibility index (Phi) is 3.70. The van der Waals surface area contributed by atoms with Gasteiger partial charge in [-0.3, -0.25) is 0 Å². The van der Waals surface area contributed by atoms with Crippen molar-refractivity contribution in [2.24, 2.45) is 7.05 Å². The summed E-state index contributed by atoms with van der Waals surface area (Å²) in [5.41, 5.74) is 3.73. The number of aryl methyl sites for hydroxylation is 2. The van der Waals surface area contributed by atoms with Gasteiger partial charge in [0.25, 0.3) is 0 Å². The third kappa shape index (κ3) is 2.59. The highest BCUT2D eigenvalue weighted by Gasteiger charge is 2.31. The zero-order chi connectivity index (χ0) is 21.5. The van der Waals surface area contributed by atoms with Gasteiger partial charge in [0.1, 0.15) is 18.5 Å². The Morgan fingerprint density at radius 3 is 2.32 bits per heavy atom. The third-order valence-corrected chi connectivity index (χ3v) is 8.84. The summed E-state index contributed by atoms with van der Waals surface area (Å²) < 4.78 is 8.85. The van der Waals surface area contributed by atoms with Crippen molar-refractivity contribution in [2.45, 2.75) is 26.6 Å². The van der Waals surface area contributed by atoms with Crippen LogP contribution in [0, 0.1) is 6.92 Å². The van der Waals surface area contributed by atoms with E-state index in [0.717, 1.165) is 11.5 Å². The molecule has 0 saturated heterocycles. The zero-order valence-electron chi connectivity index (χ0n) is 18.7. The van der Waals surface area contributed by atoms with Crippen LogP contribution in [0.1, 0.15) is 5.56 Å². The van der Waals surface area contributed by atoms with Crippen LogP contribution in [0.5, 0.6) is 11.5 Å². The molecule has 6 rings (SSSR count). The van der Waals surface area contributed by atoms with Gasteiger partial charge in [-0.15, -0.1) is 0 Å². The molecule has 0 aliphatic carbocycles. The van der Waals surface area contributed by atoms with Gasteiger partial charge in [0.2, 0.25) is 5.69 Å². The number of rotatable bonds is 1. The lowest BCUT2D eigenvalue weighted by atomic mass is 9.90. The summed E-state index contributed by atoms with van der Waals surface area (Å²) in [6.45, 7) is 9.45. The maximum absolute atomic E-state index is 6.59. The molecule has 31 heavy (non-hydrogen) atoms. The Hall–Kier alpha value is -3.17. The normalized spacial score (nSPS) is 12.9. The fraction of sp³-hybridized carbons (Fsp3) is 0.179. The Bertz CT molecular complexity index is 1560. The molecule has 1 aromatic heterocycles. The highest BCUT2D eigenvalue weighted by atomic mass is 28.3. The fourth-order valence-electron chi connectivity index (χ4n) is 5.09. The van der Waals surface area contributed by atoms with Crippen molar-refractivity contribution >= 4 is 45.6 Å². The molecular weight excluding hydrogens is 394 g/mol. The monoisotopic (exact) mass is 420 g/mol. The van der Waals surface area contributed by atoms with Crippen molar-refractivity contribution in [3.05, 3.63) is 72.4 Å². The highest BCUT2D eigenvalue weighted by molar-refractivity contribution is 6.88. The zero-order valence-corrected chi connectivity index (χ0v) is 19.7. The molecule has 152 valence electrons. The maximum Gasteiger partial charge on any atom is 0.228 e. The number of fused-ring (bicyclic) bond motifs is 5. The Morgan fingerprint density at radius 2 is 1.52 bits per heavy atom. The number of aromatic nitrogens is 1. The molecule has 2 heterocycles. The molecule has 5 aromatic rings. The lowest BCUT2D eigenvalue weighted by Crippen LogP contribution is -2.37. The van der Waals surface area contributed by atoms with E-state index in [1.807, 2.05) is 0 Å². The van der Waals surface area contributed by atoms with E-state index in [4.69, 9.17) is 4.74 Å². The predicted molar refractivity (Wildman–Crippen MR) is 133 cm³/mol. The fourth-order valence-corrected chi connectivity index (χ4v) is 6.25. The first-order chi connectivity index (χ1) is 14.8. The number of benzene rings is 4. The molecular formula is C28H26NOSi+. The predicted octanol–water partition coefficient (Wildman–Crippen LogP) is 6.60. The smallest absolute Gasteiger partial charge is 0.228 e. The highest BCUT2D eigenvalue weighted by Crippen LogP contribution is 2.49. The van der Waals surface area contributed by atoms with E-state index in [0.29, 0.717) is 0 Å². The molecule has 1 aliphatic rings. The minimum atomic E-state index is -1.40. The van der Waals surface area contributed by atoms with Gasteiger partial charge < -0.3 is 4.74 Å². The molecule has 0 spiro atoms. The van der Waals surface area contributed by atoms with Crippen molar-refractivity contribution in [3.63, 3.8) is 0 Å². The van der Waals surface area contributed by atoms with Crippen LogP contribution in [-0.2, 0) is 7.05 Å². The summed E-state index contributed by atoms with van der Waals surface area (Å²) in [6, 6.07) is 22.3. The van der Waals surface area contributed by atoms with Crippen LogP contribution < -0.4 is 14.5 Å². The second kappa shape index (κ2) is 6.18. The minimum Gasteiger partial charge on any atom is -0.456 e. The van der Waals surface area contributed by atoms with Crippen molar-refractivity contribution in [2.75, 3.05) is 0 Å². The number of nitrogens with zero attached hydrogens (tertiary/aromatic N) is 1. The molecule has 0 radical (unpaired) electrons. The van der Waals surface area contributed by atoms with Crippen LogP contribution in [0.15, 0.2) is 66.9 Å². The van der Waals surface area contributed by atoms with Crippen molar-refractivity contribution < 1.29 is 9.30 Å². The van der Waals surface area contributed by atoms with Gasteiger partial charge >= 0.3 is 0 Å². The minimum absolute atomic E-state index is 0.949. The number of ether oxygens (including phenoxy) is 1. The molecule has 4 aromatic carbocycles. The second-order valence-electron chi connectivity index (χ2n) is 9.82. The van der Waals surface area contributed by atoms with E-state index in [1.165, 1.54) is 54.3 Å². The number of pyridine rings is 1. The Morgan fingerprint density at radius 1 is 0.774 bits per heavy atom. The van der Waals surface area contributed by atoms with E-state index < -0.39 is 8.07 Å². The van der Waals surface area contributed by atoms with Gasteiger partial charge in [0, 0.05) is 11.5 Å². The summed E-state index contributed by atoms with van der Waals surface area (Å²) >= 11 is 0. The number of hydrogen-bond donors (Lipinski definition) is 0. The standard InChI is InChI=1S/C28H26NOSi/c1-17-21-9-7-6-8-18(21)14-24-26(17)28-27-22(12-13-29(28)2)23-16-20(31(3,4)5)11-10-19(23)15-25(27)30-24/h6-16H,1-5H3/q+1. The van der Waals surface area contributed by atoms with Crippen LogP contribution >= 0.6 is 0 Å². The summed E-state index contributed by atoms with van der Waals surface area (Å²) in [5.74, 6) is 1.90. The Balaban J connectivity index is 1.78.